The molecule has 1 aromatic carbocycles. The summed E-state index contributed by atoms with van der Waals surface area (Å²) in [6, 6.07) is 13.6. The smallest absolute Gasteiger partial charge is 0.0424 e. The van der Waals surface area contributed by atoms with Crippen LogP contribution in [0.3, 0.4) is 0 Å². The predicted octanol–water partition coefficient (Wildman–Crippen LogP) is 4.82. The Balaban J connectivity index is 1.50. The van der Waals surface area contributed by atoms with Gasteiger partial charge in [0.1, 0.15) is 0 Å². The van der Waals surface area contributed by atoms with Crippen molar-refractivity contribution in [1.29, 1.82) is 0 Å². The minimum atomic E-state index is 0.243. The van der Waals surface area contributed by atoms with Crippen LogP contribution >= 0.6 is 11.3 Å². The fourth-order valence-electron chi connectivity index (χ4n) is 3.76. The van der Waals surface area contributed by atoms with Crippen molar-refractivity contribution < 1.29 is 0 Å². The number of hydrogen-bond donors (Lipinski definition) is 1. The van der Waals surface area contributed by atoms with Crippen molar-refractivity contribution >= 4 is 11.3 Å². The highest BCUT2D eigenvalue weighted by Crippen LogP contribution is 2.54. The van der Waals surface area contributed by atoms with Gasteiger partial charge in [-0.15, -0.1) is 11.3 Å². The van der Waals surface area contributed by atoms with Gasteiger partial charge in [-0.1, -0.05) is 36.8 Å². The van der Waals surface area contributed by atoms with E-state index in [9.17, 15) is 0 Å². The van der Waals surface area contributed by atoms with Crippen molar-refractivity contribution in [3.8, 4) is 0 Å². The van der Waals surface area contributed by atoms with Gasteiger partial charge < -0.3 is 5.73 Å². The second-order valence-corrected chi connectivity index (χ2v) is 7.77. The van der Waals surface area contributed by atoms with Crippen molar-refractivity contribution in [2.24, 2.45) is 11.7 Å². The molecule has 1 heterocycles. The molecule has 0 radical (unpaired) electrons. The summed E-state index contributed by atoms with van der Waals surface area (Å²) < 4.78 is 0. The van der Waals surface area contributed by atoms with E-state index in [-0.39, 0.29) is 6.04 Å². The third kappa shape index (κ3) is 2.67. The highest BCUT2D eigenvalue weighted by Gasteiger charge is 2.43. The molecule has 3 unspecified atom stereocenters. The Bertz CT molecular complexity index is 592. The van der Waals surface area contributed by atoms with Crippen molar-refractivity contribution in [1.82, 2.24) is 0 Å². The lowest BCUT2D eigenvalue weighted by Gasteiger charge is -2.09. The number of rotatable bonds is 3. The van der Waals surface area contributed by atoms with Crippen LogP contribution in [0.25, 0.3) is 0 Å². The van der Waals surface area contributed by atoms with Gasteiger partial charge in [-0.05, 0) is 61.1 Å². The molecule has 21 heavy (non-hydrogen) atoms. The van der Waals surface area contributed by atoms with Gasteiger partial charge in [-0.2, -0.15) is 0 Å². The average Bonchev–Trinajstić information content (AvgIpc) is 3.27. The molecule has 4 rings (SSSR count). The molecule has 2 heteroatoms. The molecule has 2 aliphatic rings. The van der Waals surface area contributed by atoms with E-state index in [1.165, 1.54) is 49.0 Å². The second kappa shape index (κ2) is 5.58. The van der Waals surface area contributed by atoms with Crippen LogP contribution in [-0.2, 0) is 12.8 Å². The molecule has 2 aromatic rings. The van der Waals surface area contributed by atoms with E-state index in [0.29, 0.717) is 11.8 Å². The summed E-state index contributed by atoms with van der Waals surface area (Å²) in [4.78, 5) is 3.06. The normalized spacial score (nSPS) is 26.0. The summed E-state index contributed by atoms with van der Waals surface area (Å²) in [5.41, 5.74) is 9.66. The lowest BCUT2D eigenvalue weighted by molar-refractivity contribution is 0.625. The van der Waals surface area contributed by atoms with Crippen LogP contribution in [-0.4, -0.2) is 0 Å². The van der Waals surface area contributed by atoms with E-state index in [2.05, 4.69) is 36.4 Å². The van der Waals surface area contributed by atoms with Crippen LogP contribution in [0.4, 0.5) is 0 Å². The van der Waals surface area contributed by atoms with Crippen LogP contribution in [0.5, 0.6) is 0 Å². The molecule has 1 saturated carbocycles. The van der Waals surface area contributed by atoms with E-state index in [1.807, 2.05) is 11.3 Å². The quantitative estimate of drug-likeness (QED) is 0.808. The Morgan fingerprint density at radius 3 is 2.71 bits per heavy atom. The first-order valence-electron chi connectivity index (χ1n) is 8.25. The Morgan fingerprint density at radius 2 is 1.86 bits per heavy atom. The lowest BCUT2D eigenvalue weighted by atomic mass is 10.0. The maximum absolute atomic E-state index is 6.59. The van der Waals surface area contributed by atoms with Gasteiger partial charge in [0.15, 0.2) is 0 Å². The monoisotopic (exact) mass is 297 g/mol. The summed E-state index contributed by atoms with van der Waals surface area (Å²) in [5.74, 6) is 1.33. The fourth-order valence-corrected chi connectivity index (χ4v) is 5.10. The summed E-state index contributed by atoms with van der Waals surface area (Å²) in [6.45, 7) is 0. The van der Waals surface area contributed by atoms with Gasteiger partial charge in [0.2, 0.25) is 0 Å². The van der Waals surface area contributed by atoms with Crippen molar-refractivity contribution in [2.45, 2.75) is 50.5 Å². The minimum absolute atomic E-state index is 0.243. The fraction of sp³-hybridized carbons (Fsp3) is 0.474. The van der Waals surface area contributed by atoms with E-state index in [1.54, 1.807) is 10.4 Å². The number of hydrogen-bond acceptors (Lipinski definition) is 2. The van der Waals surface area contributed by atoms with E-state index >= 15 is 0 Å². The molecule has 110 valence electrons. The Labute approximate surface area is 131 Å². The van der Waals surface area contributed by atoms with Crippen LogP contribution < -0.4 is 5.73 Å². The SMILES string of the molecule is NC(c1cc2c(s1)CCCCC2)C1CC1c1ccccc1. The molecule has 1 fully saturated rings. The number of aryl methyl sites for hydroxylation is 2. The Kier molecular flexibility index (Phi) is 3.60. The van der Waals surface area contributed by atoms with Gasteiger partial charge in [0, 0.05) is 15.8 Å². The van der Waals surface area contributed by atoms with Crippen LogP contribution in [0.2, 0.25) is 0 Å². The highest BCUT2D eigenvalue weighted by molar-refractivity contribution is 7.12. The van der Waals surface area contributed by atoms with Crippen molar-refractivity contribution in [3.63, 3.8) is 0 Å². The van der Waals surface area contributed by atoms with E-state index in [0.717, 1.165) is 0 Å². The summed E-state index contributed by atoms with van der Waals surface area (Å²) in [6.07, 6.45) is 7.91. The zero-order valence-electron chi connectivity index (χ0n) is 12.4. The van der Waals surface area contributed by atoms with Gasteiger partial charge in [-0.25, -0.2) is 0 Å². The predicted molar refractivity (Wildman–Crippen MR) is 89.8 cm³/mol. The molecule has 1 nitrogen and oxygen atoms in total. The number of benzene rings is 1. The molecule has 2 N–H and O–H groups in total. The molecule has 0 aliphatic heterocycles. The summed E-state index contributed by atoms with van der Waals surface area (Å²) in [5, 5.41) is 0. The molecular weight excluding hydrogens is 274 g/mol. The first kappa shape index (κ1) is 13.5. The zero-order valence-corrected chi connectivity index (χ0v) is 13.2. The number of nitrogens with two attached hydrogens (primary N) is 1. The zero-order chi connectivity index (χ0) is 14.2. The van der Waals surface area contributed by atoms with Gasteiger partial charge in [0.25, 0.3) is 0 Å². The summed E-state index contributed by atoms with van der Waals surface area (Å²) in [7, 11) is 0. The molecule has 3 atom stereocenters. The number of thiophene rings is 1. The van der Waals surface area contributed by atoms with E-state index < -0.39 is 0 Å². The molecule has 0 bridgehead atoms. The lowest BCUT2D eigenvalue weighted by Crippen LogP contribution is -2.11. The molecule has 1 aromatic heterocycles. The first-order chi connectivity index (χ1) is 10.3. The topological polar surface area (TPSA) is 26.0 Å². The third-order valence-electron chi connectivity index (χ3n) is 5.12. The van der Waals surface area contributed by atoms with Gasteiger partial charge in [0.05, 0.1) is 0 Å². The van der Waals surface area contributed by atoms with Crippen LogP contribution in [0, 0.1) is 5.92 Å². The average molecular weight is 297 g/mol. The van der Waals surface area contributed by atoms with Crippen LogP contribution in [0.15, 0.2) is 36.4 Å². The molecule has 0 spiro atoms. The molecule has 0 amide bonds. The molecular formula is C19H23NS. The Morgan fingerprint density at radius 1 is 1.05 bits per heavy atom. The van der Waals surface area contributed by atoms with Gasteiger partial charge in [-0.3, -0.25) is 0 Å². The maximum Gasteiger partial charge on any atom is 0.0424 e. The number of fused-ring (bicyclic) bond motifs is 1. The van der Waals surface area contributed by atoms with Gasteiger partial charge >= 0.3 is 0 Å². The Hall–Kier alpha value is -1.12. The third-order valence-corrected chi connectivity index (χ3v) is 6.46. The molecule has 0 saturated heterocycles. The largest absolute Gasteiger partial charge is 0.323 e. The highest BCUT2D eigenvalue weighted by atomic mass is 32.1. The minimum Gasteiger partial charge on any atom is -0.323 e. The van der Waals surface area contributed by atoms with E-state index in [4.69, 9.17) is 5.73 Å². The second-order valence-electron chi connectivity index (χ2n) is 6.60. The van der Waals surface area contributed by atoms with Crippen LogP contribution in [0.1, 0.15) is 58.5 Å². The molecule has 2 aliphatic carbocycles. The standard InChI is InChI=1S/C19H23NS/c20-19(16-12-15(16)13-7-3-1-4-8-13)18-11-14-9-5-2-6-10-17(14)21-18/h1,3-4,7-8,11,15-16,19H,2,5-6,9-10,12,20H2. The first-order valence-corrected chi connectivity index (χ1v) is 9.06. The van der Waals surface area contributed by atoms with Crippen molar-refractivity contribution in [3.05, 3.63) is 57.3 Å². The van der Waals surface area contributed by atoms with Crippen molar-refractivity contribution in [2.75, 3.05) is 0 Å². The maximum atomic E-state index is 6.59. The summed E-state index contributed by atoms with van der Waals surface area (Å²) >= 11 is 2.00.